The molecule has 4 nitrogen and oxygen atoms in total. The van der Waals surface area contributed by atoms with E-state index in [1.165, 1.54) is 5.56 Å². The van der Waals surface area contributed by atoms with Crippen molar-refractivity contribution in [2.24, 2.45) is 0 Å². The van der Waals surface area contributed by atoms with Crippen LogP contribution in [0.2, 0.25) is 0 Å². The maximum Gasteiger partial charge on any atom is 0.160 e. The van der Waals surface area contributed by atoms with Gasteiger partial charge in [-0.1, -0.05) is 103 Å². The summed E-state index contributed by atoms with van der Waals surface area (Å²) in [6, 6.07) is 43.2. The topological polar surface area (TPSA) is 51.8 Å². The van der Waals surface area contributed by atoms with Crippen molar-refractivity contribution >= 4 is 11.0 Å². The first kappa shape index (κ1) is 22.8. The Morgan fingerprint density at radius 3 is 1.82 bits per heavy atom. The fourth-order valence-corrected chi connectivity index (χ4v) is 4.77. The fourth-order valence-electron chi connectivity index (χ4n) is 4.77. The highest BCUT2D eigenvalue weighted by atomic mass is 16.3. The van der Waals surface area contributed by atoms with Crippen LogP contribution < -0.4 is 0 Å². The van der Waals surface area contributed by atoms with E-state index in [-0.39, 0.29) is 0 Å². The third-order valence-corrected chi connectivity index (χ3v) is 6.83. The zero-order valence-electron chi connectivity index (χ0n) is 21.0. The van der Waals surface area contributed by atoms with Gasteiger partial charge >= 0.3 is 0 Å². The standard InChI is InChI=1S/C35H23N3O/c1-2-7-24(8-3-1)25-12-16-27(17-13-25)31-22-32(34-21-29-9-4-5-11-33(29)39-34)38-35(37-31)28-18-14-26(15-19-28)30-10-6-20-36-23-30/h1-23H. The summed E-state index contributed by atoms with van der Waals surface area (Å²) in [5, 5.41) is 1.04. The lowest BCUT2D eigenvalue weighted by molar-refractivity contribution is 0.628. The minimum Gasteiger partial charge on any atom is -0.454 e. The van der Waals surface area contributed by atoms with E-state index in [4.69, 9.17) is 14.4 Å². The molecule has 184 valence electrons. The zero-order chi connectivity index (χ0) is 26.0. The summed E-state index contributed by atoms with van der Waals surface area (Å²) in [4.78, 5) is 14.2. The Hall–Kier alpha value is -5.35. The van der Waals surface area contributed by atoms with E-state index < -0.39 is 0 Å². The van der Waals surface area contributed by atoms with E-state index in [9.17, 15) is 0 Å². The molecule has 0 saturated heterocycles. The van der Waals surface area contributed by atoms with Crippen LogP contribution in [0.1, 0.15) is 0 Å². The molecule has 3 heterocycles. The number of aromatic nitrogens is 3. The average Bonchev–Trinajstić information content (AvgIpc) is 3.47. The molecule has 0 unspecified atom stereocenters. The zero-order valence-corrected chi connectivity index (χ0v) is 21.0. The molecule has 0 aliphatic heterocycles. The molecule has 3 aromatic heterocycles. The molecule has 39 heavy (non-hydrogen) atoms. The van der Waals surface area contributed by atoms with Crippen LogP contribution in [0.5, 0.6) is 0 Å². The van der Waals surface area contributed by atoms with Crippen LogP contribution in [0.15, 0.2) is 144 Å². The van der Waals surface area contributed by atoms with Gasteiger partial charge in [0.15, 0.2) is 11.6 Å². The van der Waals surface area contributed by atoms with Crippen LogP contribution in [0, 0.1) is 0 Å². The van der Waals surface area contributed by atoms with Gasteiger partial charge in [0, 0.05) is 28.9 Å². The van der Waals surface area contributed by atoms with E-state index in [0.717, 1.165) is 50.2 Å². The second-order valence-corrected chi connectivity index (χ2v) is 9.37. The summed E-state index contributed by atoms with van der Waals surface area (Å²) in [6.07, 6.45) is 3.65. The van der Waals surface area contributed by atoms with Gasteiger partial charge in [-0.2, -0.15) is 0 Å². The van der Waals surface area contributed by atoms with E-state index in [0.29, 0.717) is 11.6 Å². The van der Waals surface area contributed by atoms with E-state index in [1.54, 1.807) is 6.20 Å². The predicted octanol–water partition coefficient (Wildman–Crippen LogP) is 8.95. The first-order chi connectivity index (χ1) is 19.3. The SMILES string of the molecule is c1ccc(-c2ccc(-c3cc(-c4cc5ccccc5o4)nc(-c4ccc(-c5cccnc5)cc4)n3)cc2)cc1. The molecule has 0 aliphatic rings. The van der Waals surface area contributed by atoms with Gasteiger partial charge in [0.1, 0.15) is 11.3 Å². The van der Waals surface area contributed by atoms with Crippen molar-refractivity contribution in [3.8, 4) is 56.4 Å². The molecule has 0 N–H and O–H groups in total. The predicted molar refractivity (Wildman–Crippen MR) is 157 cm³/mol. The quantitative estimate of drug-likeness (QED) is 0.236. The van der Waals surface area contributed by atoms with Gasteiger partial charge in [0.25, 0.3) is 0 Å². The van der Waals surface area contributed by atoms with Crippen LogP contribution in [0.4, 0.5) is 0 Å². The lowest BCUT2D eigenvalue weighted by Crippen LogP contribution is -1.95. The second kappa shape index (κ2) is 9.84. The summed E-state index contributed by atoms with van der Waals surface area (Å²) in [6.45, 7) is 0. The van der Waals surface area contributed by atoms with Crippen molar-refractivity contribution in [2.45, 2.75) is 0 Å². The Labute approximate surface area is 226 Å². The number of benzene rings is 4. The normalized spacial score (nSPS) is 11.1. The molecule has 7 aromatic rings. The monoisotopic (exact) mass is 501 g/mol. The van der Waals surface area contributed by atoms with Gasteiger partial charge in [-0.05, 0) is 46.5 Å². The third-order valence-electron chi connectivity index (χ3n) is 6.83. The van der Waals surface area contributed by atoms with Crippen LogP contribution >= 0.6 is 0 Å². The van der Waals surface area contributed by atoms with Crippen LogP contribution in [-0.4, -0.2) is 15.0 Å². The number of fused-ring (bicyclic) bond motifs is 1. The lowest BCUT2D eigenvalue weighted by Gasteiger charge is -2.09. The fraction of sp³-hybridized carbons (Fsp3) is 0. The van der Waals surface area contributed by atoms with E-state index in [2.05, 4.69) is 83.8 Å². The van der Waals surface area contributed by atoms with Crippen molar-refractivity contribution < 1.29 is 4.42 Å². The first-order valence-corrected chi connectivity index (χ1v) is 12.8. The second-order valence-electron chi connectivity index (χ2n) is 9.37. The number of hydrogen-bond donors (Lipinski definition) is 0. The van der Waals surface area contributed by atoms with E-state index in [1.807, 2.05) is 54.7 Å². The van der Waals surface area contributed by atoms with Crippen molar-refractivity contribution in [1.82, 2.24) is 15.0 Å². The van der Waals surface area contributed by atoms with Gasteiger partial charge in [0.05, 0.1) is 5.69 Å². The van der Waals surface area contributed by atoms with Crippen LogP contribution in [-0.2, 0) is 0 Å². The van der Waals surface area contributed by atoms with Gasteiger partial charge in [-0.25, -0.2) is 9.97 Å². The van der Waals surface area contributed by atoms with E-state index >= 15 is 0 Å². The van der Waals surface area contributed by atoms with Crippen LogP contribution in [0.25, 0.3) is 67.3 Å². The molecule has 0 atom stereocenters. The Morgan fingerprint density at radius 1 is 0.462 bits per heavy atom. The lowest BCUT2D eigenvalue weighted by atomic mass is 10.0. The van der Waals surface area contributed by atoms with Crippen LogP contribution in [0.3, 0.4) is 0 Å². The van der Waals surface area contributed by atoms with Crippen molar-refractivity contribution in [3.63, 3.8) is 0 Å². The Kier molecular flexibility index (Phi) is 5.76. The number of rotatable bonds is 5. The Morgan fingerprint density at radius 2 is 1.08 bits per heavy atom. The molecule has 0 bridgehead atoms. The maximum atomic E-state index is 6.19. The molecule has 7 rings (SSSR count). The number of furan rings is 1. The maximum absolute atomic E-state index is 6.19. The third kappa shape index (κ3) is 4.60. The average molecular weight is 502 g/mol. The highest BCUT2D eigenvalue weighted by Gasteiger charge is 2.14. The Bertz CT molecular complexity index is 1740. The summed E-state index contributed by atoms with van der Waals surface area (Å²) < 4.78 is 6.19. The smallest absolute Gasteiger partial charge is 0.160 e. The van der Waals surface area contributed by atoms with Gasteiger partial charge in [-0.3, -0.25) is 4.98 Å². The van der Waals surface area contributed by atoms with Crippen molar-refractivity contribution in [3.05, 3.63) is 140 Å². The molecule has 0 amide bonds. The highest BCUT2D eigenvalue weighted by Crippen LogP contribution is 2.32. The first-order valence-electron chi connectivity index (χ1n) is 12.8. The highest BCUT2D eigenvalue weighted by molar-refractivity contribution is 5.83. The molecule has 0 radical (unpaired) electrons. The largest absolute Gasteiger partial charge is 0.454 e. The molecule has 4 aromatic carbocycles. The molecular weight excluding hydrogens is 478 g/mol. The van der Waals surface area contributed by atoms with Gasteiger partial charge in [0.2, 0.25) is 0 Å². The van der Waals surface area contributed by atoms with Crippen molar-refractivity contribution in [2.75, 3.05) is 0 Å². The summed E-state index contributed by atoms with van der Waals surface area (Å²) in [7, 11) is 0. The Balaban J connectivity index is 1.32. The number of pyridine rings is 1. The summed E-state index contributed by atoms with van der Waals surface area (Å²) >= 11 is 0. The molecule has 4 heteroatoms. The summed E-state index contributed by atoms with van der Waals surface area (Å²) in [5.41, 5.74) is 8.88. The molecule has 0 fully saturated rings. The molecule has 0 aliphatic carbocycles. The number of para-hydroxylation sites is 1. The van der Waals surface area contributed by atoms with Crippen molar-refractivity contribution in [1.29, 1.82) is 0 Å². The van der Waals surface area contributed by atoms with Gasteiger partial charge in [-0.15, -0.1) is 0 Å². The number of nitrogens with zero attached hydrogens (tertiary/aromatic N) is 3. The minimum atomic E-state index is 0.646. The molecular formula is C35H23N3O. The van der Waals surface area contributed by atoms with Gasteiger partial charge < -0.3 is 4.42 Å². The molecule has 0 spiro atoms. The molecule has 0 saturated carbocycles. The summed E-state index contributed by atoms with van der Waals surface area (Å²) in [5.74, 6) is 1.36. The number of hydrogen-bond acceptors (Lipinski definition) is 4. The minimum absolute atomic E-state index is 0.646.